The van der Waals surface area contributed by atoms with Crippen LogP contribution in [0.5, 0.6) is 0 Å². The molecule has 3 rings (SSSR count). The fraction of sp³-hybridized carbons (Fsp3) is 0.385. The number of hydrogen-bond donors (Lipinski definition) is 1. The normalized spacial score (nSPS) is 23.5. The van der Waals surface area contributed by atoms with Crippen molar-refractivity contribution in [1.82, 2.24) is 4.90 Å². The number of anilines is 1. The molecule has 0 spiro atoms. The van der Waals surface area contributed by atoms with Crippen molar-refractivity contribution in [2.75, 3.05) is 18.4 Å². The second-order valence-corrected chi connectivity index (χ2v) is 4.54. The average Bonchev–Trinajstić information content (AvgIpc) is 2.73. The van der Waals surface area contributed by atoms with Gasteiger partial charge in [0.05, 0.1) is 12.5 Å². The summed E-state index contributed by atoms with van der Waals surface area (Å²) in [6, 6.07) is 8.12. The van der Waals surface area contributed by atoms with Gasteiger partial charge in [-0.15, -0.1) is 0 Å². The summed E-state index contributed by atoms with van der Waals surface area (Å²) in [6.45, 7) is 1.30. The number of amides is 1. The molecule has 1 atom stereocenters. The van der Waals surface area contributed by atoms with Crippen LogP contribution < -0.4 is 5.32 Å². The lowest BCUT2D eigenvalue weighted by molar-refractivity contribution is -0.141. The van der Waals surface area contributed by atoms with E-state index in [0.717, 1.165) is 17.8 Å². The number of para-hydroxylation sites is 1. The standard InChI is InChI=1S/C13H14N2O2/c16-9-5-6-15(13(17)7-9)12-8-14-11-4-2-1-3-10(11)12/h1-4,12,14H,5-8H2. The van der Waals surface area contributed by atoms with Gasteiger partial charge in [-0.2, -0.15) is 0 Å². The maximum atomic E-state index is 11.9. The fourth-order valence-corrected chi connectivity index (χ4v) is 2.60. The van der Waals surface area contributed by atoms with E-state index in [1.807, 2.05) is 29.2 Å². The van der Waals surface area contributed by atoms with Gasteiger partial charge in [-0.25, -0.2) is 0 Å². The van der Waals surface area contributed by atoms with Crippen molar-refractivity contribution >= 4 is 17.4 Å². The Morgan fingerprint density at radius 2 is 2.06 bits per heavy atom. The smallest absolute Gasteiger partial charge is 0.230 e. The number of benzene rings is 1. The van der Waals surface area contributed by atoms with E-state index >= 15 is 0 Å². The predicted molar refractivity (Wildman–Crippen MR) is 63.6 cm³/mol. The first-order valence-electron chi connectivity index (χ1n) is 5.89. The first kappa shape index (κ1) is 10.3. The Hall–Kier alpha value is -1.84. The lowest BCUT2D eigenvalue weighted by Crippen LogP contribution is -2.42. The molecule has 1 amide bonds. The molecule has 2 heterocycles. The fourth-order valence-electron chi connectivity index (χ4n) is 2.60. The molecule has 1 N–H and O–H groups in total. The van der Waals surface area contributed by atoms with Crippen LogP contribution >= 0.6 is 0 Å². The molecule has 17 heavy (non-hydrogen) atoms. The number of likely N-dealkylation sites (tertiary alicyclic amines) is 1. The summed E-state index contributed by atoms with van der Waals surface area (Å²) in [5, 5.41) is 3.30. The number of nitrogens with zero attached hydrogens (tertiary/aromatic N) is 1. The van der Waals surface area contributed by atoms with E-state index < -0.39 is 0 Å². The van der Waals surface area contributed by atoms with Gasteiger partial charge in [0.15, 0.2) is 0 Å². The van der Waals surface area contributed by atoms with E-state index in [-0.39, 0.29) is 24.2 Å². The molecule has 1 unspecified atom stereocenters. The largest absolute Gasteiger partial charge is 0.382 e. The van der Waals surface area contributed by atoms with Gasteiger partial charge in [0.1, 0.15) is 5.78 Å². The lowest BCUT2D eigenvalue weighted by atomic mass is 10.0. The number of rotatable bonds is 1. The van der Waals surface area contributed by atoms with Gasteiger partial charge in [-0.05, 0) is 11.6 Å². The molecule has 1 aromatic rings. The Bertz CT molecular complexity index is 484. The number of carbonyl (C=O) groups is 2. The number of nitrogens with one attached hydrogen (secondary N) is 1. The van der Waals surface area contributed by atoms with E-state index in [0.29, 0.717) is 13.0 Å². The van der Waals surface area contributed by atoms with Crippen LogP contribution in [0.15, 0.2) is 24.3 Å². The van der Waals surface area contributed by atoms with Crippen LogP contribution in [0, 0.1) is 0 Å². The molecular formula is C13H14N2O2. The van der Waals surface area contributed by atoms with Crippen molar-refractivity contribution in [1.29, 1.82) is 0 Å². The van der Waals surface area contributed by atoms with Crippen molar-refractivity contribution in [2.45, 2.75) is 18.9 Å². The minimum atomic E-state index is -0.0373. The Labute approximate surface area is 99.6 Å². The zero-order chi connectivity index (χ0) is 11.8. The molecule has 0 bridgehead atoms. The summed E-state index contributed by atoms with van der Waals surface area (Å²) in [5.74, 6) is 0.0234. The average molecular weight is 230 g/mol. The third-order valence-corrected chi connectivity index (χ3v) is 3.48. The molecule has 88 valence electrons. The number of carbonyl (C=O) groups excluding carboxylic acids is 2. The highest BCUT2D eigenvalue weighted by Gasteiger charge is 2.33. The highest BCUT2D eigenvalue weighted by atomic mass is 16.2. The van der Waals surface area contributed by atoms with Crippen LogP contribution in [0.1, 0.15) is 24.4 Å². The zero-order valence-electron chi connectivity index (χ0n) is 9.48. The summed E-state index contributed by atoms with van der Waals surface area (Å²) in [5.41, 5.74) is 2.26. The topological polar surface area (TPSA) is 49.4 Å². The van der Waals surface area contributed by atoms with Crippen LogP contribution in [-0.2, 0) is 9.59 Å². The van der Waals surface area contributed by atoms with Gasteiger partial charge in [0, 0.05) is 25.2 Å². The first-order chi connectivity index (χ1) is 8.25. The second kappa shape index (κ2) is 3.87. The van der Waals surface area contributed by atoms with Crippen LogP contribution in [0.4, 0.5) is 5.69 Å². The van der Waals surface area contributed by atoms with Gasteiger partial charge < -0.3 is 10.2 Å². The summed E-state index contributed by atoms with van der Waals surface area (Å²) >= 11 is 0. The van der Waals surface area contributed by atoms with E-state index in [9.17, 15) is 9.59 Å². The molecule has 4 nitrogen and oxygen atoms in total. The SMILES string of the molecule is O=C1CCN(C2CNc3ccccc32)C(=O)C1. The van der Waals surface area contributed by atoms with Gasteiger partial charge >= 0.3 is 0 Å². The third kappa shape index (κ3) is 1.69. The summed E-state index contributed by atoms with van der Waals surface area (Å²) < 4.78 is 0. The summed E-state index contributed by atoms with van der Waals surface area (Å²) in [6.07, 6.45) is 0.559. The molecule has 0 aromatic heterocycles. The highest BCUT2D eigenvalue weighted by molar-refractivity contribution is 6.00. The Morgan fingerprint density at radius 1 is 1.24 bits per heavy atom. The van der Waals surface area contributed by atoms with Crippen molar-refractivity contribution in [2.24, 2.45) is 0 Å². The Morgan fingerprint density at radius 3 is 2.88 bits per heavy atom. The van der Waals surface area contributed by atoms with Crippen LogP contribution in [-0.4, -0.2) is 29.7 Å². The molecule has 2 aliphatic heterocycles. The van der Waals surface area contributed by atoms with Crippen LogP contribution in [0.3, 0.4) is 0 Å². The molecular weight excluding hydrogens is 216 g/mol. The van der Waals surface area contributed by atoms with Gasteiger partial charge in [-0.3, -0.25) is 9.59 Å². The number of piperidine rings is 1. The number of fused-ring (bicyclic) bond motifs is 1. The maximum absolute atomic E-state index is 11.9. The summed E-state index contributed by atoms with van der Waals surface area (Å²) in [7, 11) is 0. The monoisotopic (exact) mass is 230 g/mol. The van der Waals surface area contributed by atoms with E-state index in [1.54, 1.807) is 0 Å². The lowest BCUT2D eigenvalue weighted by Gasteiger charge is -2.31. The number of hydrogen-bond acceptors (Lipinski definition) is 3. The molecule has 0 saturated carbocycles. The highest BCUT2D eigenvalue weighted by Crippen LogP contribution is 2.34. The predicted octanol–water partition coefficient (Wildman–Crippen LogP) is 1.34. The van der Waals surface area contributed by atoms with E-state index in [1.165, 1.54) is 0 Å². The molecule has 1 fully saturated rings. The zero-order valence-corrected chi connectivity index (χ0v) is 9.48. The molecule has 2 aliphatic rings. The second-order valence-electron chi connectivity index (χ2n) is 4.54. The minimum Gasteiger partial charge on any atom is -0.382 e. The van der Waals surface area contributed by atoms with Crippen molar-refractivity contribution < 1.29 is 9.59 Å². The third-order valence-electron chi connectivity index (χ3n) is 3.48. The van der Waals surface area contributed by atoms with Crippen LogP contribution in [0.25, 0.3) is 0 Å². The van der Waals surface area contributed by atoms with Gasteiger partial charge in [-0.1, -0.05) is 18.2 Å². The minimum absolute atomic E-state index is 0.0373. The maximum Gasteiger partial charge on any atom is 0.230 e. The van der Waals surface area contributed by atoms with Crippen LogP contribution in [0.2, 0.25) is 0 Å². The molecule has 4 heteroatoms. The molecule has 0 aliphatic carbocycles. The Kier molecular flexibility index (Phi) is 2.35. The van der Waals surface area contributed by atoms with Crippen molar-refractivity contribution in [3.63, 3.8) is 0 Å². The first-order valence-corrected chi connectivity index (χ1v) is 5.89. The summed E-state index contributed by atoms with van der Waals surface area (Å²) in [4.78, 5) is 24.9. The van der Waals surface area contributed by atoms with Gasteiger partial charge in [0.2, 0.25) is 5.91 Å². The number of Topliss-reactive ketones (excluding diaryl/α,β-unsaturated/α-hetero) is 1. The molecule has 1 aromatic carbocycles. The van der Waals surface area contributed by atoms with E-state index in [4.69, 9.17) is 0 Å². The molecule has 0 radical (unpaired) electrons. The van der Waals surface area contributed by atoms with Crippen molar-refractivity contribution in [3.8, 4) is 0 Å². The Balaban J connectivity index is 1.87. The number of ketones is 1. The van der Waals surface area contributed by atoms with E-state index in [2.05, 4.69) is 5.32 Å². The van der Waals surface area contributed by atoms with Gasteiger partial charge in [0.25, 0.3) is 0 Å². The molecule has 1 saturated heterocycles. The quantitative estimate of drug-likeness (QED) is 0.741. The van der Waals surface area contributed by atoms with Crippen molar-refractivity contribution in [3.05, 3.63) is 29.8 Å².